The average molecular weight is 197 g/mol. The fraction of sp³-hybridized carbons (Fsp3) is 0.556. The molecule has 0 unspecified atom stereocenters. The summed E-state index contributed by atoms with van der Waals surface area (Å²) in [4.78, 5) is 7.84. The van der Waals surface area contributed by atoms with Crippen molar-refractivity contribution in [2.75, 3.05) is 19.0 Å². The molecule has 1 rings (SSSR count). The molecule has 5 heteroatoms. The van der Waals surface area contributed by atoms with Crippen LogP contribution in [0.2, 0.25) is 0 Å². The van der Waals surface area contributed by atoms with Crippen molar-refractivity contribution >= 4 is 5.82 Å². The highest BCUT2D eigenvalue weighted by Crippen LogP contribution is 2.11. The van der Waals surface area contributed by atoms with Gasteiger partial charge in [0.2, 0.25) is 5.88 Å². The van der Waals surface area contributed by atoms with Crippen molar-refractivity contribution < 1.29 is 9.84 Å². The quantitative estimate of drug-likeness (QED) is 0.742. The number of aromatic nitrogens is 2. The number of aliphatic hydroxyl groups is 1. The first-order valence-electron chi connectivity index (χ1n) is 4.33. The summed E-state index contributed by atoms with van der Waals surface area (Å²) >= 11 is 0. The number of nitrogens with one attached hydrogen (secondary N) is 1. The molecule has 1 aromatic heterocycles. The fourth-order valence-electron chi connectivity index (χ4n) is 0.855. The van der Waals surface area contributed by atoms with Crippen LogP contribution in [0.15, 0.2) is 12.4 Å². The van der Waals surface area contributed by atoms with Gasteiger partial charge in [-0.05, 0) is 13.8 Å². The third kappa shape index (κ3) is 3.57. The van der Waals surface area contributed by atoms with Crippen molar-refractivity contribution in [3.05, 3.63) is 12.4 Å². The van der Waals surface area contributed by atoms with Crippen molar-refractivity contribution in [1.82, 2.24) is 9.97 Å². The van der Waals surface area contributed by atoms with E-state index in [1.165, 1.54) is 6.33 Å². The number of ether oxygens (including phenoxy) is 1. The fourth-order valence-corrected chi connectivity index (χ4v) is 0.855. The van der Waals surface area contributed by atoms with Crippen LogP contribution in [0.5, 0.6) is 5.88 Å². The van der Waals surface area contributed by atoms with E-state index in [2.05, 4.69) is 15.3 Å². The molecule has 0 amide bonds. The summed E-state index contributed by atoms with van der Waals surface area (Å²) < 4.78 is 4.93. The van der Waals surface area contributed by atoms with Gasteiger partial charge < -0.3 is 15.2 Å². The molecular formula is C9H15N3O2. The van der Waals surface area contributed by atoms with Crippen LogP contribution in [-0.4, -0.2) is 34.3 Å². The van der Waals surface area contributed by atoms with E-state index in [-0.39, 0.29) is 0 Å². The van der Waals surface area contributed by atoms with Crippen molar-refractivity contribution in [2.45, 2.75) is 19.4 Å². The van der Waals surface area contributed by atoms with Crippen molar-refractivity contribution in [3.8, 4) is 5.88 Å². The van der Waals surface area contributed by atoms with Gasteiger partial charge in [-0.15, -0.1) is 0 Å². The van der Waals surface area contributed by atoms with E-state index in [1.54, 1.807) is 27.0 Å². The molecule has 1 aromatic rings. The summed E-state index contributed by atoms with van der Waals surface area (Å²) in [6.45, 7) is 3.87. The summed E-state index contributed by atoms with van der Waals surface area (Å²) in [7, 11) is 1.54. The zero-order valence-electron chi connectivity index (χ0n) is 8.61. The van der Waals surface area contributed by atoms with E-state index in [4.69, 9.17) is 4.74 Å². The summed E-state index contributed by atoms with van der Waals surface area (Å²) in [5, 5.41) is 12.4. The number of hydrogen-bond acceptors (Lipinski definition) is 5. The molecule has 0 spiro atoms. The first-order chi connectivity index (χ1) is 6.51. The molecule has 14 heavy (non-hydrogen) atoms. The highest BCUT2D eigenvalue weighted by atomic mass is 16.5. The van der Waals surface area contributed by atoms with Gasteiger partial charge in [0.15, 0.2) is 0 Å². The Balaban J connectivity index is 2.59. The normalized spacial score (nSPS) is 11.1. The summed E-state index contributed by atoms with van der Waals surface area (Å²) in [6.07, 6.45) is 1.41. The van der Waals surface area contributed by atoms with Gasteiger partial charge in [-0.2, -0.15) is 0 Å². The van der Waals surface area contributed by atoms with E-state index in [9.17, 15) is 5.11 Å². The first kappa shape index (κ1) is 10.7. The first-order valence-corrected chi connectivity index (χ1v) is 4.33. The zero-order valence-corrected chi connectivity index (χ0v) is 8.61. The highest BCUT2D eigenvalue weighted by Gasteiger charge is 2.11. The molecule has 0 aliphatic rings. The maximum absolute atomic E-state index is 9.47. The summed E-state index contributed by atoms with van der Waals surface area (Å²) in [5.41, 5.74) is -0.766. The van der Waals surface area contributed by atoms with Gasteiger partial charge >= 0.3 is 0 Å². The second-order valence-corrected chi connectivity index (χ2v) is 3.61. The van der Waals surface area contributed by atoms with E-state index in [0.29, 0.717) is 18.2 Å². The van der Waals surface area contributed by atoms with E-state index < -0.39 is 5.60 Å². The van der Waals surface area contributed by atoms with Gasteiger partial charge in [0, 0.05) is 12.6 Å². The van der Waals surface area contributed by atoms with Gasteiger partial charge in [0.05, 0.1) is 12.7 Å². The number of hydrogen-bond donors (Lipinski definition) is 2. The van der Waals surface area contributed by atoms with E-state index in [1.807, 2.05) is 0 Å². The Labute approximate surface area is 83.2 Å². The molecule has 1 heterocycles. The van der Waals surface area contributed by atoms with Crippen LogP contribution in [0, 0.1) is 0 Å². The summed E-state index contributed by atoms with van der Waals surface area (Å²) in [5.74, 6) is 1.14. The standard InChI is InChI=1S/C9H15N3O2/c1-9(2,13)5-10-7-4-8(14-3)12-6-11-7/h4,6,13H,5H2,1-3H3,(H,10,11,12). The molecule has 2 N–H and O–H groups in total. The second-order valence-electron chi connectivity index (χ2n) is 3.61. The smallest absolute Gasteiger partial charge is 0.218 e. The molecule has 0 radical (unpaired) electrons. The minimum Gasteiger partial charge on any atom is -0.481 e. The monoisotopic (exact) mass is 197 g/mol. The van der Waals surface area contributed by atoms with Gasteiger partial charge in [0.25, 0.3) is 0 Å². The minimum absolute atomic E-state index is 0.424. The Morgan fingerprint density at radius 2 is 2.21 bits per heavy atom. The van der Waals surface area contributed by atoms with Crippen LogP contribution >= 0.6 is 0 Å². The van der Waals surface area contributed by atoms with Crippen molar-refractivity contribution in [1.29, 1.82) is 0 Å². The van der Waals surface area contributed by atoms with Crippen LogP contribution in [0.25, 0.3) is 0 Å². The lowest BCUT2D eigenvalue weighted by atomic mass is 10.1. The Kier molecular flexibility index (Phi) is 3.24. The lowest BCUT2D eigenvalue weighted by molar-refractivity contribution is 0.0944. The minimum atomic E-state index is -0.766. The van der Waals surface area contributed by atoms with Gasteiger partial charge in [-0.1, -0.05) is 0 Å². The Morgan fingerprint density at radius 3 is 2.79 bits per heavy atom. The molecule has 0 bridgehead atoms. The lowest BCUT2D eigenvalue weighted by Gasteiger charge is -2.17. The maximum atomic E-state index is 9.47. The largest absolute Gasteiger partial charge is 0.481 e. The Hall–Kier alpha value is -1.36. The molecule has 0 aliphatic heterocycles. The Morgan fingerprint density at radius 1 is 1.50 bits per heavy atom. The number of nitrogens with zero attached hydrogens (tertiary/aromatic N) is 2. The number of anilines is 1. The molecular weight excluding hydrogens is 182 g/mol. The molecule has 0 aromatic carbocycles. The summed E-state index contributed by atoms with van der Waals surface area (Å²) in [6, 6.07) is 1.67. The van der Waals surface area contributed by atoms with Crippen molar-refractivity contribution in [2.24, 2.45) is 0 Å². The van der Waals surface area contributed by atoms with Crippen LogP contribution in [0.1, 0.15) is 13.8 Å². The molecule has 0 atom stereocenters. The van der Waals surface area contributed by atoms with Crippen LogP contribution in [0.3, 0.4) is 0 Å². The van der Waals surface area contributed by atoms with Crippen molar-refractivity contribution in [3.63, 3.8) is 0 Å². The highest BCUT2D eigenvalue weighted by molar-refractivity contribution is 5.37. The van der Waals surface area contributed by atoms with Gasteiger partial charge in [-0.3, -0.25) is 0 Å². The third-order valence-electron chi connectivity index (χ3n) is 1.55. The number of methoxy groups -OCH3 is 1. The third-order valence-corrected chi connectivity index (χ3v) is 1.55. The zero-order chi connectivity index (χ0) is 10.6. The Bertz CT molecular complexity index is 296. The van der Waals surface area contributed by atoms with Gasteiger partial charge in [0.1, 0.15) is 12.1 Å². The number of rotatable bonds is 4. The predicted octanol–water partition coefficient (Wildman–Crippen LogP) is 0.668. The molecule has 78 valence electrons. The molecule has 5 nitrogen and oxygen atoms in total. The van der Waals surface area contributed by atoms with E-state index >= 15 is 0 Å². The second kappa shape index (κ2) is 4.23. The van der Waals surface area contributed by atoms with E-state index in [0.717, 1.165) is 0 Å². The average Bonchev–Trinajstić information content (AvgIpc) is 2.14. The molecule has 0 aliphatic carbocycles. The van der Waals surface area contributed by atoms with Gasteiger partial charge in [-0.25, -0.2) is 9.97 Å². The molecule has 0 saturated carbocycles. The lowest BCUT2D eigenvalue weighted by Crippen LogP contribution is -2.29. The predicted molar refractivity (Wildman–Crippen MR) is 53.4 cm³/mol. The molecule has 0 saturated heterocycles. The van der Waals surface area contributed by atoms with Crippen LogP contribution in [-0.2, 0) is 0 Å². The van der Waals surface area contributed by atoms with Crippen LogP contribution in [0.4, 0.5) is 5.82 Å². The van der Waals surface area contributed by atoms with Crippen LogP contribution < -0.4 is 10.1 Å². The topological polar surface area (TPSA) is 67.3 Å². The maximum Gasteiger partial charge on any atom is 0.218 e. The molecule has 0 fully saturated rings. The SMILES string of the molecule is COc1cc(NCC(C)(C)O)ncn1.